The molecule has 0 bridgehead atoms. The average molecular weight is 563 g/mol. The van der Waals surface area contributed by atoms with Crippen LogP contribution in [0.25, 0.3) is 0 Å². The van der Waals surface area contributed by atoms with E-state index in [4.69, 9.17) is 18.9 Å². The summed E-state index contributed by atoms with van der Waals surface area (Å²) in [5.74, 6) is 0.168. The molecule has 9 heteroatoms. The maximum Gasteiger partial charge on any atom is 0.408 e. The number of amides is 2. The van der Waals surface area contributed by atoms with Crippen LogP contribution in [0, 0.1) is 30.6 Å². The number of hydrogen-bond donors (Lipinski definition) is 2. The molecule has 226 valence electrons. The number of alkyl carbamates (subject to hydrolysis) is 1. The molecule has 0 radical (unpaired) electrons. The fourth-order valence-electron chi connectivity index (χ4n) is 4.79. The highest BCUT2D eigenvalue weighted by Crippen LogP contribution is 2.33. The highest BCUT2D eigenvalue weighted by Gasteiger charge is 2.42. The molecule has 1 saturated heterocycles. The SMILES string of the molecule is COCCCOc1ccc(C)cc1NC(=O)C[C@@H](C[C@H](NC(=O)OC(C)(C)C)[C@H]1C[C@@H](C(C)C)C(=O)O1)C(C)C. The van der Waals surface area contributed by atoms with Crippen LogP contribution in [0.2, 0.25) is 0 Å². The highest BCUT2D eigenvalue weighted by molar-refractivity contribution is 5.92. The molecular weight excluding hydrogens is 512 g/mol. The zero-order chi connectivity index (χ0) is 30.0. The summed E-state index contributed by atoms with van der Waals surface area (Å²) in [7, 11) is 1.65. The molecule has 1 heterocycles. The van der Waals surface area contributed by atoms with Crippen LogP contribution in [0.4, 0.5) is 10.5 Å². The summed E-state index contributed by atoms with van der Waals surface area (Å²) in [4.78, 5) is 38.6. The van der Waals surface area contributed by atoms with Crippen molar-refractivity contribution in [2.24, 2.45) is 23.7 Å². The van der Waals surface area contributed by atoms with E-state index in [-0.39, 0.29) is 42.0 Å². The summed E-state index contributed by atoms with van der Waals surface area (Å²) in [5, 5.41) is 5.98. The quantitative estimate of drug-likeness (QED) is 0.215. The van der Waals surface area contributed by atoms with Crippen molar-refractivity contribution >= 4 is 23.7 Å². The van der Waals surface area contributed by atoms with Crippen molar-refractivity contribution in [1.82, 2.24) is 5.32 Å². The largest absolute Gasteiger partial charge is 0.491 e. The number of methoxy groups -OCH3 is 1. The maximum absolute atomic E-state index is 13.3. The van der Waals surface area contributed by atoms with Crippen LogP contribution in [-0.2, 0) is 23.8 Å². The van der Waals surface area contributed by atoms with E-state index in [9.17, 15) is 14.4 Å². The number of nitrogens with one attached hydrogen (secondary N) is 2. The zero-order valence-corrected chi connectivity index (χ0v) is 25.8. The normalized spacial score (nSPS) is 18.8. The van der Waals surface area contributed by atoms with E-state index in [1.54, 1.807) is 27.9 Å². The molecule has 1 fully saturated rings. The van der Waals surface area contributed by atoms with Crippen LogP contribution in [0.1, 0.15) is 79.7 Å². The summed E-state index contributed by atoms with van der Waals surface area (Å²) in [5.41, 5.74) is 0.956. The van der Waals surface area contributed by atoms with E-state index in [1.807, 2.05) is 39.0 Å². The van der Waals surface area contributed by atoms with Crippen LogP contribution >= 0.6 is 0 Å². The van der Waals surface area contributed by atoms with Crippen molar-refractivity contribution < 1.29 is 33.3 Å². The molecule has 1 aromatic carbocycles. The van der Waals surface area contributed by atoms with E-state index >= 15 is 0 Å². The van der Waals surface area contributed by atoms with Crippen LogP contribution < -0.4 is 15.4 Å². The van der Waals surface area contributed by atoms with E-state index in [1.165, 1.54) is 0 Å². The monoisotopic (exact) mass is 562 g/mol. The first-order valence-corrected chi connectivity index (χ1v) is 14.4. The minimum absolute atomic E-state index is 0.0902. The number of benzene rings is 1. The third-order valence-corrected chi connectivity index (χ3v) is 7.12. The van der Waals surface area contributed by atoms with Gasteiger partial charge in [-0.15, -0.1) is 0 Å². The molecule has 0 saturated carbocycles. The first-order valence-electron chi connectivity index (χ1n) is 14.4. The second-order valence-corrected chi connectivity index (χ2v) is 12.5. The van der Waals surface area contributed by atoms with E-state index in [0.29, 0.717) is 37.5 Å². The summed E-state index contributed by atoms with van der Waals surface area (Å²) < 4.78 is 22.3. The maximum atomic E-state index is 13.3. The van der Waals surface area contributed by atoms with Gasteiger partial charge in [-0.3, -0.25) is 9.59 Å². The van der Waals surface area contributed by atoms with Gasteiger partial charge in [0.25, 0.3) is 0 Å². The van der Waals surface area contributed by atoms with Gasteiger partial charge in [0.2, 0.25) is 5.91 Å². The Balaban J connectivity index is 2.17. The lowest BCUT2D eigenvalue weighted by atomic mass is 9.83. The second kappa shape index (κ2) is 15.3. The van der Waals surface area contributed by atoms with Crippen LogP contribution in [0.5, 0.6) is 5.75 Å². The number of aryl methyl sites for hydroxylation is 1. The molecule has 1 aliphatic heterocycles. The number of anilines is 1. The van der Waals surface area contributed by atoms with E-state index < -0.39 is 23.8 Å². The third-order valence-electron chi connectivity index (χ3n) is 7.12. The summed E-state index contributed by atoms with van der Waals surface area (Å²) in [6.45, 7) is 16.5. The molecule has 2 rings (SSSR count). The number of cyclic esters (lactones) is 1. The lowest BCUT2D eigenvalue weighted by Crippen LogP contribution is -2.47. The summed E-state index contributed by atoms with van der Waals surface area (Å²) in [6, 6.07) is 5.21. The average Bonchev–Trinajstić information content (AvgIpc) is 3.22. The van der Waals surface area contributed by atoms with Gasteiger partial charge in [0.15, 0.2) is 0 Å². The Morgan fingerprint density at radius 3 is 2.40 bits per heavy atom. The zero-order valence-electron chi connectivity index (χ0n) is 25.8. The molecule has 2 N–H and O–H groups in total. The molecule has 4 atom stereocenters. The van der Waals surface area contributed by atoms with Crippen molar-refractivity contribution in [2.45, 2.75) is 98.8 Å². The highest BCUT2D eigenvalue weighted by atomic mass is 16.6. The molecule has 0 unspecified atom stereocenters. The summed E-state index contributed by atoms with van der Waals surface area (Å²) >= 11 is 0. The van der Waals surface area contributed by atoms with Gasteiger partial charge in [-0.25, -0.2) is 4.79 Å². The lowest BCUT2D eigenvalue weighted by Gasteiger charge is -2.31. The van der Waals surface area contributed by atoms with Crippen LogP contribution in [0.15, 0.2) is 18.2 Å². The third kappa shape index (κ3) is 11.0. The Bertz CT molecular complexity index is 986. The van der Waals surface area contributed by atoms with Crippen molar-refractivity contribution in [3.05, 3.63) is 23.8 Å². The molecule has 0 spiro atoms. The van der Waals surface area contributed by atoms with Crippen molar-refractivity contribution in [3.8, 4) is 5.75 Å². The van der Waals surface area contributed by atoms with Gasteiger partial charge in [0, 0.05) is 26.6 Å². The number of ether oxygens (including phenoxy) is 4. The number of hydrogen-bond acceptors (Lipinski definition) is 7. The van der Waals surface area contributed by atoms with Gasteiger partial charge in [-0.05, 0) is 76.0 Å². The lowest BCUT2D eigenvalue weighted by molar-refractivity contribution is -0.146. The molecule has 0 aliphatic carbocycles. The molecule has 1 aromatic rings. The standard InChI is InChI=1S/C31H50N2O7/c1-19(2)22(17-28(34)32-24-15-21(5)11-12-26(24)38-14-10-13-37-9)16-25(33-30(36)40-31(6,7)8)27-18-23(20(3)4)29(35)39-27/h11-12,15,19-20,22-23,25,27H,10,13-14,16-18H2,1-9H3,(H,32,34)(H,33,36)/t22-,23+,25+,27-/m1/s1. The first-order chi connectivity index (χ1) is 18.7. The van der Waals surface area contributed by atoms with Gasteiger partial charge in [0.1, 0.15) is 17.5 Å². The van der Waals surface area contributed by atoms with Gasteiger partial charge >= 0.3 is 12.1 Å². The first kappa shape index (κ1) is 33.4. The van der Waals surface area contributed by atoms with Gasteiger partial charge in [-0.2, -0.15) is 0 Å². The Hall–Kier alpha value is -2.81. The number of carbonyl (C=O) groups is 3. The minimum Gasteiger partial charge on any atom is -0.491 e. The van der Waals surface area contributed by atoms with Crippen molar-refractivity contribution in [2.75, 3.05) is 25.6 Å². The van der Waals surface area contributed by atoms with Gasteiger partial charge < -0.3 is 29.6 Å². The predicted molar refractivity (Wildman–Crippen MR) is 155 cm³/mol. The smallest absolute Gasteiger partial charge is 0.408 e. The van der Waals surface area contributed by atoms with E-state index in [2.05, 4.69) is 24.5 Å². The fourth-order valence-corrected chi connectivity index (χ4v) is 4.79. The second-order valence-electron chi connectivity index (χ2n) is 12.5. The number of carbonyl (C=O) groups excluding carboxylic acids is 3. The van der Waals surface area contributed by atoms with Gasteiger partial charge in [-0.1, -0.05) is 33.8 Å². The van der Waals surface area contributed by atoms with Gasteiger partial charge in [0.05, 0.1) is 24.3 Å². The van der Waals surface area contributed by atoms with Crippen LogP contribution in [0.3, 0.4) is 0 Å². The molecular formula is C31H50N2O7. The molecule has 9 nitrogen and oxygen atoms in total. The molecule has 0 aromatic heterocycles. The molecule has 2 amide bonds. The Morgan fingerprint density at radius 1 is 1.12 bits per heavy atom. The van der Waals surface area contributed by atoms with E-state index in [0.717, 1.165) is 12.0 Å². The van der Waals surface area contributed by atoms with Crippen molar-refractivity contribution in [3.63, 3.8) is 0 Å². The molecule has 40 heavy (non-hydrogen) atoms. The Kier molecular flexibility index (Phi) is 12.7. The molecule has 1 aliphatic rings. The van der Waals surface area contributed by atoms with Crippen LogP contribution in [-0.4, -0.2) is 56.0 Å². The number of rotatable bonds is 14. The fraction of sp³-hybridized carbons (Fsp3) is 0.710. The van der Waals surface area contributed by atoms with Crippen molar-refractivity contribution in [1.29, 1.82) is 0 Å². The predicted octanol–water partition coefficient (Wildman–Crippen LogP) is 5.88. The Labute approximate surface area is 240 Å². The Morgan fingerprint density at radius 2 is 1.82 bits per heavy atom. The number of esters is 1. The summed E-state index contributed by atoms with van der Waals surface area (Å²) in [6.07, 6.45) is 0.893. The minimum atomic E-state index is -0.671. The topological polar surface area (TPSA) is 112 Å².